The highest BCUT2D eigenvalue weighted by molar-refractivity contribution is 5.22. The van der Waals surface area contributed by atoms with Crippen molar-refractivity contribution in [3.63, 3.8) is 0 Å². The molecule has 0 bridgehead atoms. The molecule has 1 heterocycles. The van der Waals surface area contributed by atoms with E-state index in [1.807, 2.05) is 16.9 Å². The van der Waals surface area contributed by atoms with Crippen LogP contribution >= 0.6 is 0 Å². The topological polar surface area (TPSA) is 43.8 Å². The van der Waals surface area contributed by atoms with Gasteiger partial charge in [0, 0.05) is 30.3 Å². The minimum Gasteiger partial charge on any atom is -0.324 e. The van der Waals surface area contributed by atoms with Crippen molar-refractivity contribution < 1.29 is 4.39 Å². The van der Waals surface area contributed by atoms with Gasteiger partial charge in [-0.25, -0.2) is 4.39 Å². The average molecular weight is 261 g/mol. The van der Waals surface area contributed by atoms with E-state index < -0.39 is 0 Å². The second kappa shape index (κ2) is 5.97. The van der Waals surface area contributed by atoms with Crippen LogP contribution in [0.3, 0.4) is 0 Å². The Hall–Kier alpha value is -1.68. The molecule has 2 rings (SSSR count). The van der Waals surface area contributed by atoms with Gasteiger partial charge in [0.2, 0.25) is 0 Å². The summed E-state index contributed by atoms with van der Waals surface area (Å²) in [4.78, 5) is 0. The largest absolute Gasteiger partial charge is 0.324 e. The molecule has 0 radical (unpaired) electrons. The Morgan fingerprint density at radius 1 is 1.32 bits per heavy atom. The quantitative estimate of drug-likeness (QED) is 0.898. The van der Waals surface area contributed by atoms with E-state index in [1.165, 1.54) is 6.07 Å². The van der Waals surface area contributed by atoms with Gasteiger partial charge in [0.15, 0.2) is 0 Å². The highest BCUT2D eigenvalue weighted by Gasteiger charge is 2.13. The first-order valence-corrected chi connectivity index (χ1v) is 6.65. The molecular formula is C15H20FN3. The van der Waals surface area contributed by atoms with E-state index in [-0.39, 0.29) is 11.9 Å². The SMILES string of the molecule is CCC(C)n1ccc(CC(N)c2ccccc2F)n1. The lowest BCUT2D eigenvalue weighted by molar-refractivity contribution is 0.471. The van der Waals surface area contributed by atoms with Crippen LogP contribution in [-0.2, 0) is 6.42 Å². The van der Waals surface area contributed by atoms with Gasteiger partial charge >= 0.3 is 0 Å². The van der Waals surface area contributed by atoms with Gasteiger partial charge in [0.05, 0.1) is 5.69 Å². The minimum absolute atomic E-state index is 0.253. The Morgan fingerprint density at radius 2 is 2.05 bits per heavy atom. The number of hydrogen-bond donors (Lipinski definition) is 1. The van der Waals surface area contributed by atoms with Crippen LogP contribution in [0.4, 0.5) is 4.39 Å². The Labute approximate surface area is 113 Å². The molecule has 3 nitrogen and oxygen atoms in total. The van der Waals surface area contributed by atoms with Crippen LogP contribution in [0, 0.1) is 5.82 Å². The lowest BCUT2D eigenvalue weighted by atomic mass is 10.0. The number of halogens is 1. The smallest absolute Gasteiger partial charge is 0.127 e. The molecule has 0 fully saturated rings. The zero-order chi connectivity index (χ0) is 13.8. The summed E-state index contributed by atoms with van der Waals surface area (Å²) >= 11 is 0. The van der Waals surface area contributed by atoms with Gasteiger partial charge in [-0.3, -0.25) is 4.68 Å². The lowest BCUT2D eigenvalue weighted by Crippen LogP contribution is -2.15. The van der Waals surface area contributed by atoms with Crippen molar-refractivity contribution in [2.24, 2.45) is 5.73 Å². The van der Waals surface area contributed by atoms with Crippen molar-refractivity contribution in [3.8, 4) is 0 Å². The monoisotopic (exact) mass is 261 g/mol. The third-order valence-electron chi connectivity index (χ3n) is 3.44. The third kappa shape index (κ3) is 3.20. The van der Waals surface area contributed by atoms with E-state index in [0.717, 1.165) is 12.1 Å². The van der Waals surface area contributed by atoms with E-state index in [9.17, 15) is 4.39 Å². The standard InChI is InChI=1S/C15H20FN3/c1-3-11(2)19-9-8-12(18-19)10-15(17)13-6-4-5-7-14(13)16/h4-9,11,15H,3,10,17H2,1-2H3. The van der Waals surface area contributed by atoms with Crippen LogP contribution in [0.5, 0.6) is 0 Å². The fourth-order valence-corrected chi connectivity index (χ4v) is 2.03. The molecule has 0 saturated carbocycles. The van der Waals surface area contributed by atoms with Gasteiger partial charge in [0.1, 0.15) is 5.82 Å². The van der Waals surface area contributed by atoms with Crippen molar-refractivity contribution in [3.05, 3.63) is 53.6 Å². The fourth-order valence-electron chi connectivity index (χ4n) is 2.03. The molecule has 0 aliphatic heterocycles. The van der Waals surface area contributed by atoms with Crippen LogP contribution < -0.4 is 5.73 Å². The van der Waals surface area contributed by atoms with Gasteiger partial charge < -0.3 is 5.73 Å². The maximum Gasteiger partial charge on any atom is 0.127 e. The predicted octanol–water partition coefficient (Wildman–Crippen LogP) is 3.24. The number of benzene rings is 1. The van der Waals surface area contributed by atoms with Gasteiger partial charge in [-0.05, 0) is 25.5 Å². The Bertz CT molecular complexity index is 536. The van der Waals surface area contributed by atoms with Gasteiger partial charge in [-0.1, -0.05) is 25.1 Å². The van der Waals surface area contributed by atoms with E-state index >= 15 is 0 Å². The average Bonchev–Trinajstić information content (AvgIpc) is 2.86. The van der Waals surface area contributed by atoms with Crippen molar-refractivity contribution in [2.75, 3.05) is 0 Å². The lowest BCUT2D eigenvalue weighted by Gasteiger charge is -2.12. The summed E-state index contributed by atoms with van der Waals surface area (Å²) in [6.07, 6.45) is 3.53. The molecule has 2 N–H and O–H groups in total. The molecule has 102 valence electrons. The maximum atomic E-state index is 13.6. The number of aromatic nitrogens is 2. The summed E-state index contributed by atoms with van der Waals surface area (Å²) in [5.41, 5.74) is 7.50. The zero-order valence-corrected chi connectivity index (χ0v) is 11.4. The summed E-state index contributed by atoms with van der Waals surface area (Å²) in [5, 5.41) is 4.49. The number of nitrogens with two attached hydrogens (primary N) is 1. The maximum absolute atomic E-state index is 13.6. The second-order valence-corrected chi connectivity index (χ2v) is 4.88. The van der Waals surface area contributed by atoms with Crippen LogP contribution in [-0.4, -0.2) is 9.78 Å². The van der Waals surface area contributed by atoms with Crippen LogP contribution in [0.15, 0.2) is 36.5 Å². The van der Waals surface area contributed by atoms with Crippen molar-refractivity contribution >= 4 is 0 Å². The van der Waals surface area contributed by atoms with Crippen molar-refractivity contribution in [1.29, 1.82) is 0 Å². The molecule has 1 aromatic heterocycles. The molecule has 0 aliphatic rings. The zero-order valence-electron chi connectivity index (χ0n) is 11.4. The van der Waals surface area contributed by atoms with Crippen LogP contribution in [0.2, 0.25) is 0 Å². The summed E-state index contributed by atoms with van der Waals surface area (Å²) in [7, 11) is 0. The number of rotatable bonds is 5. The molecule has 0 saturated heterocycles. The normalized spacial score (nSPS) is 14.3. The van der Waals surface area contributed by atoms with E-state index in [0.29, 0.717) is 18.0 Å². The van der Waals surface area contributed by atoms with E-state index in [1.54, 1.807) is 18.2 Å². The molecule has 19 heavy (non-hydrogen) atoms. The summed E-state index contributed by atoms with van der Waals surface area (Å²) in [6, 6.07) is 8.60. The molecule has 0 aliphatic carbocycles. The Kier molecular flexibility index (Phi) is 4.32. The molecular weight excluding hydrogens is 241 g/mol. The first-order valence-electron chi connectivity index (χ1n) is 6.65. The molecule has 0 amide bonds. The molecule has 1 aromatic carbocycles. The first-order chi connectivity index (χ1) is 9.11. The molecule has 2 unspecified atom stereocenters. The first kappa shape index (κ1) is 13.7. The van der Waals surface area contributed by atoms with Crippen molar-refractivity contribution in [1.82, 2.24) is 9.78 Å². The van der Waals surface area contributed by atoms with Gasteiger partial charge in [-0.15, -0.1) is 0 Å². The number of nitrogens with zero attached hydrogens (tertiary/aromatic N) is 2. The van der Waals surface area contributed by atoms with Crippen LogP contribution in [0.1, 0.15) is 43.6 Å². The summed E-state index contributed by atoms with van der Waals surface area (Å²) < 4.78 is 15.6. The highest BCUT2D eigenvalue weighted by Crippen LogP contribution is 2.19. The minimum atomic E-state index is -0.360. The molecule has 0 spiro atoms. The Morgan fingerprint density at radius 3 is 2.74 bits per heavy atom. The molecule has 2 aromatic rings. The number of hydrogen-bond acceptors (Lipinski definition) is 2. The fraction of sp³-hybridized carbons (Fsp3) is 0.400. The summed E-state index contributed by atoms with van der Waals surface area (Å²) in [6.45, 7) is 4.24. The molecule has 2 atom stereocenters. The van der Waals surface area contributed by atoms with Gasteiger partial charge in [0.25, 0.3) is 0 Å². The van der Waals surface area contributed by atoms with Crippen molar-refractivity contribution in [2.45, 2.75) is 38.8 Å². The van der Waals surface area contributed by atoms with Crippen LogP contribution in [0.25, 0.3) is 0 Å². The summed E-state index contributed by atoms with van der Waals surface area (Å²) in [5.74, 6) is -0.253. The highest BCUT2D eigenvalue weighted by atomic mass is 19.1. The third-order valence-corrected chi connectivity index (χ3v) is 3.44. The Balaban J connectivity index is 2.09. The van der Waals surface area contributed by atoms with E-state index in [2.05, 4.69) is 18.9 Å². The van der Waals surface area contributed by atoms with E-state index in [4.69, 9.17) is 5.73 Å². The molecule has 4 heteroatoms. The van der Waals surface area contributed by atoms with Gasteiger partial charge in [-0.2, -0.15) is 5.10 Å². The second-order valence-electron chi connectivity index (χ2n) is 4.88. The predicted molar refractivity (Wildman–Crippen MR) is 74.3 cm³/mol.